The maximum absolute atomic E-state index is 13.8. The van der Waals surface area contributed by atoms with Gasteiger partial charge in [0.15, 0.2) is 11.6 Å². The fourth-order valence-electron chi connectivity index (χ4n) is 2.70. The number of aromatic nitrogens is 1. The summed E-state index contributed by atoms with van der Waals surface area (Å²) in [6.07, 6.45) is 0. The highest BCUT2D eigenvalue weighted by Crippen LogP contribution is 2.27. The van der Waals surface area contributed by atoms with Crippen molar-refractivity contribution in [2.24, 2.45) is 0 Å². The molecule has 0 radical (unpaired) electrons. The van der Waals surface area contributed by atoms with E-state index in [4.69, 9.17) is 0 Å². The lowest BCUT2D eigenvalue weighted by Gasteiger charge is -2.36. The third kappa shape index (κ3) is 3.18. The van der Waals surface area contributed by atoms with Crippen molar-refractivity contribution in [1.29, 1.82) is 0 Å². The van der Waals surface area contributed by atoms with E-state index in [0.29, 0.717) is 0 Å². The summed E-state index contributed by atoms with van der Waals surface area (Å²) in [4.78, 5) is 17.1. The number of amides is 1. The van der Waals surface area contributed by atoms with Gasteiger partial charge in [-0.15, -0.1) is 0 Å². The van der Waals surface area contributed by atoms with E-state index in [1.54, 1.807) is 0 Å². The molecule has 1 aromatic carbocycles. The summed E-state index contributed by atoms with van der Waals surface area (Å²) in [6.45, 7) is -0.317. The van der Waals surface area contributed by atoms with Gasteiger partial charge < -0.3 is 9.80 Å². The molecule has 138 valence electrons. The lowest BCUT2D eigenvalue weighted by Crippen LogP contribution is -2.49. The Labute approximate surface area is 143 Å². The number of piperazine rings is 1. The topological polar surface area (TPSA) is 36.4 Å². The van der Waals surface area contributed by atoms with Gasteiger partial charge in [0.25, 0.3) is 17.8 Å². The number of rotatable bonds is 2. The summed E-state index contributed by atoms with van der Waals surface area (Å²) in [5, 5.41) is 0. The molecule has 1 amide bonds. The van der Waals surface area contributed by atoms with E-state index in [1.807, 2.05) is 0 Å². The number of carbonyl (C=O) groups is 1. The molecule has 0 unspecified atom stereocenters. The number of carbonyl (C=O) groups excluding carboxylic acids is 1. The summed E-state index contributed by atoms with van der Waals surface area (Å²) < 4.78 is 80.2. The first-order chi connectivity index (χ1) is 12.3. The molecular formula is C16H11F6N3O. The van der Waals surface area contributed by atoms with Crippen molar-refractivity contribution >= 4 is 11.6 Å². The van der Waals surface area contributed by atoms with Gasteiger partial charge >= 0.3 is 0 Å². The lowest BCUT2D eigenvalue weighted by molar-refractivity contribution is 0.0745. The number of hydrogen-bond donors (Lipinski definition) is 0. The fourth-order valence-corrected chi connectivity index (χ4v) is 2.70. The van der Waals surface area contributed by atoms with Gasteiger partial charge in [0.05, 0.1) is 0 Å². The van der Waals surface area contributed by atoms with E-state index < -0.39 is 46.8 Å². The van der Waals surface area contributed by atoms with Crippen molar-refractivity contribution in [2.45, 2.75) is 0 Å². The van der Waals surface area contributed by atoms with Crippen LogP contribution in [0.4, 0.5) is 32.0 Å². The average Bonchev–Trinajstić information content (AvgIpc) is 2.62. The van der Waals surface area contributed by atoms with Crippen LogP contribution < -0.4 is 4.90 Å². The summed E-state index contributed by atoms with van der Waals surface area (Å²) in [7, 11) is 0. The maximum Gasteiger partial charge on any atom is 0.254 e. The Balaban J connectivity index is 1.76. The molecule has 1 fully saturated rings. The number of benzene rings is 1. The number of nitrogens with zero attached hydrogens (tertiary/aromatic N) is 3. The van der Waals surface area contributed by atoms with Gasteiger partial charge in [-0.05, 0) is 18.2 Å². The monoisotopic (exact) mass is 375 g/mol. The highest BCUT2D eigenvalue weighted by molar-refractivity contribution is 5.94. The third-order valence-corrected chi connectivity index (χ3v) is 4.02. The second kappa shape index (κ2) is 6.85. The van der Waals surface area contributed by atoms with Crippen LogP contribution in [0.1, 0.15) is 10.4 Å². The zero-order valence-electron chi connectivity index (χ0n) is 13.1. The van der Waals surface area contributed by atoms with E-state index in [1.165, 1.54) is 4.90 Å². The van der Waals surface area contributed by atoms with Crippen LogP contribution in [-0.2, 0) is 0 Å². The van der Waals surface area contributed by atoms with E-state index in [9.17, 15) is 31.1 Å². The minimum Gasteiger partial charge on any atom is -0.363 e. The van der Waals surface area contributed by atoms with Gasteiger partial charge in [0, 0.05) is 31.7 Å². The van der Waals surface area contributed by atoms with E-state index in [2.05, 4.69) is 4.98 Å². The smallest absolute Gasteiger partial charge is 0.254 e. The normalized spacial score (nSPS) is 14.7. The van der Waals surface area contributed by atoms with Crippen LogP contribution in [0.3, 0.4) is 0 Å². The molecule has 3 rings (SSSR count). The van der Waals surface area contributed by atoms with Crippen molar-refractivity contribution in [3.63, 3.8) is 0 Å². The van der Waals surface area contributed by atoms with E-state index in [0.717, 1.165) is 23.1 Å². The van der Waals surface area contributed by atoms with Gasteiger partial charge in [0.1, 0.15) is 5.69 Å². The molecule has 2 heterocycles. The standard InChI is InChI=1S/C16H11F6N3O/c17-9-2-1-8(7-10(9)18)16(26)25-5-3-24(4-6-25)13-11(19)14(21)23-15(22)12(13)20/h1-2,7H,3-6H2. The first kappa shape index (κ1) is 18.0. The Kier molecular flexibility index (Phi) is 4.75. The Morgan fingerprint density at radius 2 is 1.42 bits per heavy atom. The number of hydrogen-bond acceptors (Lipinski definition) is 3. The zero-order chi connectivity index (χ0) is 19.0. The SMILES string of the molecule is O=C(c1ccc(F)c(F)c1)N1CCN(c2c(F)c(F)nc(F)c2F)CC1. The summed E-state index contributed by atoms with van der Waals surface area (Å²) in [5.41, 5.74) is -0.981. The largest absolute Gasteiger partial charge is 0.363 e. The lowest BCUT2D eigenvalue weighted by atomic mass is 10.1. The highest BCUT2D eigenvalue weighted by atomic mass is 19.2. The molecule has 2 aromatic rings. The Morgan fingerprint density at radius 3 is 1.96 bits per heavy atom. The molecule has 0 atom stereocenters. The van der Waals surface area contributed by atoms with Crippen LogP contribution in [0, 0.1) is 35.2 Å². The van der Waals surface area contributed by atoms with Crippen molar-refractivity contribution < 1.29 is 31.1 Å². The summed E-state index contributed by atoms with van der Waals surface area (Å²) >= 11 is 0. The van der Waals surface area contributed by atoms with Gasteiger partial charge in [-0.2, -0.15) is 22.5 Å². The Hall–Kier alpha value is -2.78. The molecule has 0 bridgehead atoms. The quantitative estimate of drug-likeness (QED) is 0.598. The fraction of sp³-hybridized carbons (Fsp3) is 0.250. The van der Waals surface area contributed by atoms with Crippen molar-refractivity contribution in [1.82, 2.24) is 9.88 Å². The first-order valence-corrected chi connectivity index (χ1v) is 7.49. The molecular weight excluding hydrogens is 364 g/mol. The molecule has 0 spiro atoms. The van der Waals surface area contributed by atoms with E-state index >= 15 is 0 Å². The number of pyridine rings is 1. The van der Waals surface area contributed by atoms with Gasteiger partial charge in [-0.1, -0.05) is 0 Å². The van der Waals surface area contributed by atoms with Crippen molar-refractivity contribution in [2.75, 3.05) is 31.1 Å². The van der Waals surface area contributed by atoms with Crippen LogP contribution in [0.2, 0.25) is 0 Å². The molecule has 1 aromatic heterocycles. The van der Waals surface area contributed by atoms with Crippen molar-refractivity contribution in [3.05, 3.63) is 58.9 Å². The highest BCUT2D eigenvalue weighted by Gasteiger charge is 2.29. The minimum atomic E-state index is -1.76. The second-order valence-corrected chi connectivity index (χ2v) is 5.58. The van der Waals surface area contributed by atoms with Crippen LogP contribution in [0.5, 0.6) is 0 Å². The summed E-state index contributed by atoms with van der Waals surface area (Å²) in [6, 6.07) is 2.67. The van der Waals surface area contributed by atoms with Crippen molar-refractivity contribution in [3.8, 4) is 0 Å². The molecule has 4 nitrogen and oxygen atoms in total. The first-order valence-electron chi connectivity index (χ1n) is 7.49. The second-order valence-electron chi connectivity index (χ2n) is 5.58. The molecule has 0 saturated carbocycles. The predicted octanol–water partition coefficient (Wildman–Crippen LogP) is 2.88. The molecule has 0 N–H and O–H groups in total. The predicted molar refractivity (Wildman–Crippen MR) is 78.5 cm³/mol. The molecule has 10 heteroatoms. The molecule has 26 heavy (non-hydrogen) atoms. The van der Waals surface area contributed by atoms with E-state index in [-0.39, 0.29) is 31.7 Å². The Bertz CT molecular complexity index is 841. The summed E-state index contributed by atoms with van der Waals surface area (Å²) in [5.74, 6) is -9.65. The van der Waals surface area contributed by atoms with Crippen LogP contribution in [0.15, 0.2) is 18.2 Å². The molecule has 1 aliphatic heterocycles. The number of anilines is 1. The molecule has 0 aliphatic carbocycles. The number of halogens is 6. The zero-order valence-corrected chi connectivity index (χ0v) is 13.1. The minimum absolute atomic E-state index is 0.0394. The van der Waals surface area contributed by atoms with Crippen LogP contribution in [-0.4, -0.2) is 42.0 Å². The Morgan fingerprint density at radius 1 is 0.846 bits per heavy atom. The van der Waals surface area contributed by atoms with Gasteiger partial charge in [0.2, 0.25) is 11.6 Å². The molecule has 1 aliphatic rings. The van der Waals surface area contributed by atoms with Gasteiger partial charge in [-0.3, -0.25) is 4.79 Å². The van der Waals surface area contributed by atoms with Gasteiger partial charge in [-0.25, -0.2) is 8.78 Å². The average molecular weight is 375 g/mol. The molecule has 1 saturated heterocycles. The van der Waals surface area contributed by atoms with Crippen LogP contribution in [0.25, 0.3) is 0 Å². The maximum atomic E-state index is 13.8. The van der Waals surface area contributed by atoms with Crippen LogP contribution >= 0.6 is 0 Å². The third-order valence-electron chi connectivity index (χ3n) is 4.02.